The van der Waals surface area contributed by atoms with Crippen molar-refractivity contribution in [2.75, 3.05) is 6.54 Å². The van der Waals surface area contributed by atoms with Crippen molar-refractivity contribution in [3.05, 3.63) is 29.6 Å². The summed E-state index contributed by atoms with van der Waals surface area (Å²) in [5, 5.41) is 14.1. The first-order chi connectivity index (χ1) is 8.95. The van der Waals surface area contributed by atoms with Crippen LogP contribution in [0, 0.1) is 5.82 Å². The standard InChI is InChI=1S/C13H17FN2O3/c1-3-6-15-12(18)8(2)16-13(19)10-5-4-9(17)7-11(10)14/h4-5,7-8,17H,3,6H2,1-2H3,(H,15,18)(H,16,19). The number of phenols is 1. The van der Waals surface area contributed by atoms with Gasteiger partial charge in [0, 0.05) is 12.6 Å². The second-order valence-corrected chi connectivity index (χ2v) is 4.15. The van der Waals surface area contributed by atoms with Gasteiger partial charge in [0.1, 0.15) is 17.6 Å². The molecule has 6 heteroatoms. The van der Waals surface area contributed by atoms with Crippen LogP contribution in [0.5, 0.6) is 5.75 Å². The first-order valence-corrected chi connectivity index (χ1v) is 6.02. The van der Waals surface area contributed by atoms with Gasteiger partial charge in [-0.05, 0) is 25.5 Å². The lowest BCUT2D eigenvalue weighted by Crippen LogP contribution is -2.45. The van der Waals surface area contributed by atoms with Crippen LogP contribution >= 0.6 is 0 Å². The number of carbonyl (C=O) groups excluding carboxylic acids is 2. The molecule has 0 fully saturated rings. The summed E-state index contributed by atoms with van der Waals surface area (Å²) in [4.78, 5) is 23.3. The molecule has 19 heavy (non-hydrogen) atoms. The average molecular weight is 268 g/mol. The van der Waals surface area contributed by atoms with Crippen LogP contribution < -0.4 is 10.6 Å². The van der Waals surface area contributed by atoms with Gasteiger partial charge in [-0.3, -0.25) is 9.59 Å². The number of hydrogen-bond acceptors (Lipinski definition) is 3. The fourth-order valence-corrected chi connectivity index (χ4v) is 1.43. The van der Waals surface area contributed by atoms with E-state index >= 15 is 0 Å². The van der Waals surface area contributed by atoms with E-state index in [-0.39, 0.29) is 17.2 Å². The van der Waals surface area contributed by atoms with E-state index in [1.165, 1.54) is 13.0 Å². The van der Waals surface area contributed by atoms with Crippen LogP contribution in [-0.2, 0) is 4.79 Å². The number of rotatable bonds is 5. The number of aromatic hydroxyl groups is 1. The Morgan fingerprint density at radius 2 is 2.11 bits per heavy atom. The summed E-state index contributed by atoms with van der Waals surface area (Å²) >= 11 is 0. The maximum Gasteiger partial charge on any atom is 0.254 e. The largest absolute Gasteiger partial charge is 0.508 e. The Balaban J connectivity index is 2.66. The predicted octanol–water partition coefficient (Wildman–Crippen LogP) is 1.18. The SMILES string of the molecule is CCCNC(=O)C(C)NC(=O)c1ccc(O)cc1F. The Kier molecular flexibility index (Phi) is 5.29. The molecule has 0 aliphatic heterocycles. The maximum atomic E-state index is 13.4. The number of nitrogens with one attached hydrogen (secondary N) is 2. The van der Waals surface area contributed by atoms with Crippen molar-refractivity contribution in [1.29, 1.82) is 0 Å². The molecule has 5 nitrogen and oxygen atoms in total. The molecule has 0 saturated heterocycles. The summed E-state index contributed by atoms with van der Waals surface area (Å²) in [6, 6.07) is 2.46. The van der Waals surface area contributed by atoms with Gasteiger partial charge in [0.05, 0.1) is 5.56 Å². The van der Waals surface area contributed by atoms with Crippen LogP contribution in [0.25, 0.3) is 0 Å². The van der Waals surface area contributed by atoms with Gasteiger partial charge in [-0.2, -0.15) is 0 Å². The van der Waals surface area contributed by atoms with E-state index in [9.17, 15) is 14.0 Å². The fraction of sp³-hybridized carbons (Fsp3) is 0.385. The van der Waals surface area contributed by atoms with E-state index in [2.05, 4.69) is 10.6 Å². The van der Waals surface area contributed by atoms with Crippen molar-refractivity contribution in [3.63, 3.8) is 0 Å². The summed E-state index contributed by atoms with van der Waals surface area (Å²) in [6.07, 6.45) is 0.791. The lowest BCUT2D eigenvalue weighted by Gasteiger charge is -2.14. The van der Waals surface area contributed by atoms with Gasteiger partial charge in [0.2, 0.25) is 5.91 Å². The molecule has 0 heterocycles. The number of halogens is 1. The van der Waals surface area contributed by atoms with Gasteiger partial charge in [-0.25, -0.2) is 4.39 Å². The van der Waals surface area contributed by atoms with E-state index in [1.54, 1.807) is 0 Å². The van der Waals surface area contributed by atoms with Crippen molar-refractivity contribution in [2.24, 2.45) is 0 Å². The highest BCUT2D eigenvalue weighted by Crippen LogP contribution is 2.14. The van der Waals surface area contributed by atoms with Crippen molar-refractivity contribution in [2.45, 2.75) is 26.3 Å². The molecule has 0 saturated carbocycles. The molecule has 104 valence electrons. The Bertz CT molecular complexity index is 477. The van der Waals surface area contributed by atoms with Crippen LogP contribution in [0.4, 0.5) is 4.39 Å². The van der Waals surface area contributed by atoms with Gasteiger partial charge >= 0.3 is 0 Å². The molecule has 1 unspecified atom stereocenters. The van der Waals surface area contributed by atoms with Gasteiger partial charge in [-0.15, -0.1) is 0 Å². The molecular weight excluding hydrogens is 251 g/mol. The van der Waals surface area contributed by atoms with Crippen molar-refractivity contribution < 1.29 is 19.1 Å². The summed E-state index contributed by atoms with van der Waals surface area (Å²) in [6.45, 7) is 3.95. The molecule has 1 atom stereocenters. The molecule has 0 aliphatic rings. The molecule has 0 bridgehead atoms. The molecule has 1 aromatic rings. The smallest absolute Gasteiger partial charge is 0.254 e. The van der Waals surface area contributed by atoms with Crippen LogP contribution in [0.1, 0.15) is 30.6 Å². The first-order valence-electron chi connectivity index (χ1n) is 6.02. The topological polar surface area (TPSA) is 78.4 Å². The highest BCUT2D eigenvalue weighted by Gasteiger charge is 2.18. The van der Waals surface area contributed by atoms with Crippen LogP contribution in [0.2, 0.25) is 0 Å². The zero-order valence-corrected chi connectivity index (χ0v) is 10.9. The van der Waals surface area contributed by atoms with E-state index in [1.807, 2.05) is 6.92 Å². The minimum absolute atomic E-state index is 0.215. The van der Waals surface area contributed by atoms with E-state index in [0.717, 1.165) is 18.6 Å². The second kappa shape index (κ2) is 6.72. The summed E-state index contributed by atoms with van der Waals surface area (Å²) < 4.78 is 13.4. The third-order valence-electron chi connectivity index (χ3n) is 2.49. The molecule has 0 radical (unpaired) electrons. The predicted molar refractivity (Wildman–Crippen MR) is 68.3 cm³/mol. The number of carbonyl (C=O) groups is 2. The van der Waals surface area contributed by atoms with Crippen LogP contribution in [0.3, 0.4) is 0 Å². The second-order valence-electron chi connectivity index (χ2n) is 4.15. The molecule has 0 aliphatic carbocycles. The van der Waals surface area contributed by atoms with E-state index < -0.39 is 17.8 Å². The summed E-state index contributed by atoms with van der Waals surface area (Å²) in [5.41, 5.74) is -0.215. The lowest BCUT2D eigenvalue weighted by atomic mass is 10.1. The molecular formula is C13H17FN2O3. The quantitative estimate of drug-likeness (QED) is 0.750. The van der Waals surface area contributed by atoms with Gasteiger partial charge < -0.3 is 15.7 Å². The highest BCUT2D eigenvalue weighted by molar-refractivity contribution is 5.97. The minimum atomic E-state index is -0.835. The summed E-state index contributed by atoms with van der Waals surface area (Å²) in [5.74, 6) is -2.12. The molecule has 1 rings (SSSR count). The molecule has 1 aromatic carbocycles. The highest BCUT2D eigenvalue weighted by atomic mass is 19.1. The first kappa shape index (κ1) is 14.9. The third-order valence-corrected chi connectivity index (χ3v) is 2.49. The molecule has 3 N–H and O–H groups in total. The minimum Gasteiger partial charge on any atom is -0.508 e. The zero-order chi connectivity index (χ0) is 14.4. The lowest BCUT2D eigenvalue weighted by molar-refractivity contribution is -0.122. The van der Waals surface area contributed by atoms with Crippen molar-refractivity contribution >= 4 is 11.8 Å². The third kappa shape index (κ3) is 4.24. The Morgan fingerprint density at radius 1 is 1.42 bits per heavy atom. The van der Waals surface area contributed by atoms with E-state index in [0.29, 0.717) is 6.54 Å². The van der Waals surface area contributed by atoms with Crippen LogP contribution in [0.15, 0.2) is 18.2 Å². The number of amides is 2. The van der Waals surface area contributed by atoms with Gasteiger partial charge in [0.25, 0.3) is 5.91 Å². The fourth-order valence-electron chi connectivity index (χ4n) is 1.43. The maximum absolute atomic E-state index is 13.4. The number of benzene rings is 1. The zero-order valence-electron chi connectivity index (χ0n) is 10.9. The molecule has 0 spiro atoms. The van der Waals surface area contributed by atoms with Gasteiger partial charge in [0.15, 0.2) is 0 Å². The van der Waals surface area contributed by atoms with Crippen molar-refractivity contribution in [3.8, 4) is 5.75 Å². The number of phenolic OH excluding ortho intramolecular Hbond substituents is 1. The molecule has 2 amide bonds. The van der Waals surface area contributed by atoms with Gasteiger partial charge in [-0.1, -0.05) is 6.92 Å². The Labute approximate surface area is 110 Å². The normalized spacial score (nSPS) is 11.7. The van der Waals surface area contributed by atoms with Crippen LogP contribution in [-0.4, -0.2) is 29.5 Å². The summed E-state index contributed by atoms with van der Waals surface area (Å²) in [7, 11) is 0. The Morgan fingerprint density at radius 3 is 2.68 bits per heavy atom. The van der Waals surface area contributed by atoms with E-state index in [4.69, 9.17) is 5.11 Å². The van der Waals surface area contributed by atoms with Crippen molar-refractivity contribution in [1.82, 2.24) is 10.6 Å². The average Bonchev–Trinajstić information content (AvgIpc) is 2.35. The monoisotopic (exact) mass is 268 g/mol. The number of hydrogen-bond donors (Lipinski definition) is 3. The Hall–Kier alpha value is -2.11. The molecule has 0 aromatic heterocycles.